The first-order valence-corrected chi connectivity index (χ1v) is 12.2. The highest BCUT2D eigenvalue weighted by Gasteiger charge is 2.37. The lowest BCUT2D eigenvalue weighted by molar-refractivity contribution is 0.0339. The van der Waals surface area contributed by atoms with Gasteiger partial charge in [-0.1, -0.05) is 45.2 Å². The van der Waals surface area contributed by atoms with Crippen LogP contribution in [0.15, 0.2) is 18.3 Å². The summed E-state index contributed by atoms with van der Waals surface area (Å²) in [5.41, 5.74) is 2.62. The van der Waals surface area contributed by atoms with Crippen molar-refractivity contribution in [2.45, 2.75) is 58.9 Å². The van der Waals surface area contributed by atoms with E-state index in [2.05, 4.69) is 34.4 Å². The van der Waals surface area contributed by atoms with Crippen LogP contribution in [0, 0.1) is 5.41 Å². The molecule has 2 aliphatic rings. The average molecular weight is 487 g/mol. The topological polar surface area (TPSA) is 94.6 Å². The Morgan fingerprint density at radius 2 is 1.97 bits per heavy atom. The summed E-state index contributed by atoms with van der Waals surface area (Å²) >= 11 is 6.33. The van der Waals surface area contributed by atoms with Crippen LogP contribution in [0.3, 0.4) is 0 Å². The van der Waals surface area contributed by atoms with Gasteiger partial charge in [0.2, 0.25) is 5.95 Å². The Bertz CT molecular complexity index is 1040. The molecule has 0 bridgehead atoms. The van der Waals surface area contributed by atoms with Crippen molar-refractivity contribution in [2.75, 3.05) is 31.0 Å². The van der Waals surface area contributed by atoms with Gasteiger partial charge in [-0.05, 0) is 37.0 Å². The van der Waals surface area contributed by atoms with E-state index in [4.69, 9.17) is 25.6 Å². The molecule has 1 aliphatic carbocycles. The highest BCUT2D eigenvalue weighted by Crippen LogP contribution is 2.28. The molecule has 0 spiro atoms. The normalized spacial score (nSPS) is 18.1. The Hall–Kier alpha value is -2.36. The van der Waals surface area contributed by atoms with Crippen LogP contribution in [0.25, 0.3) is 0 Å². The van der Waals surface area contributed by atoms with Gasteiger partial charge in [-0.2, -0.15) is 4.98 Å². The van der Waals surface area contributed by atoms with Crippen molar-refractivity contribution in [1.82, 2.24) is 9.97 Å². The van der Waals surface area contributed by atoms with Crippen LogP contribution >= 0.6 is 11.6 Å². The minimum atomic E-state index is -0.625. The van der Waals surface area contributed by atoms with Crippen molar-refractivity contribution in [3.05, 3.63) is 34.5 Å². The molecular formula is C24H32BClN4O4. The summed E-state index contributed by atoms with van der Waals surface area (Å²) in [6.07, 6.45) is 6.89. The van der Waals surface area contributed by atoms with Crippen LogP contribution < -0.4 is 16.1 Å². The van der Waals surface area contributed by atoms with Crippen LogP contribution in [0.1, 0.15) is 62.4 Å². The van der Waals surface area contributed by atoms with Crippen molar-refractivity contribution in [3.63, 3.8) is 0 Å². The number of hydrogen-bond acceptors (Lipinski definition) is 8. The second kappa shape index (κ2) is 10.5. The first-order valence-electron chi connectivity index (χ1n) is 11.8. The number of rotatable bonds is 7. The molecule has 1 aliphatic heterocycles. The lowest BCUT2D eigenvalue weighted by atomic mass is 9.70. The van der Waals surface area contributed by atoms with Gasteiger partial charge in [0, 0.05) is 35.8 Å². The maximum Gasteiger partial charge on any atom is 0.495 e. The highest BCUT2D eigenvalue weighted by atomic mass is 35.5. The zero-order chi connectivity index (χ0) is 24.3. The van der Waals surface area contributed by atoms with Gasteiger partial charge >= 0.3 is 13.1 Å². The lowest BCUT2D eigenvalue weighted by Gasteiger charge is -2.34. The third-order valence-electron chi connectivity index (χ3n) is 6.23. The van der Waals surface area contributed by atoms with Crippen molar-refractivity contribution in [2.24, 2.45) is 5.41 Å². The molecule has 0 radical (unpaired) electrons. The van der Waals surface area contributed by atoms with Gasteiger partial charge in [-0.25, -0.2) is 9.78 Å². The minimum absolute atomic E-state index is 0.0774. The fourth-order valence-electron chi connectivity index (χ4n) is 4.42. The van der Waals surface area contributed by atoms with E-state index in [1.165, 1.54) is 20.0 Å². The largest absolute Gasteiger partial charge is 0.495 e. The molecule has 1 saturated carbocycles. The molecule has 8 nitrogen and oxygen atoms in total. The molecule has 1 aromatic carbocycles. The molecule has 0 unspecified atom stereocenters. The van der Waals surface area contributed by atoms with Gasteiger partial charge < -0.3 is 24.7 Å². The molecule has 2 fully saturated rings. The third-order valence-corrected chi connectivity index (χ3v) is 6.51. The molecule has 1 aromatic heterocycles. The number of hydrogen-bond donors (Lipinski definition) is 2. The zero-order valence-electron chi connectivity index (χ0n) is 20.2. The molecule has 0 atom stereocenters. The molecule has 182 valence electrons. The van der Waals surface area contributed by atoms with Crippen molar-refractivity contribution >= 4 is 47.6 Å². The molecule has 10 heteroatoms. The lowest BCUT2D eigenvalue weighted by Crippen LogP contribution is -2.50. The van der Waals surface area contributed by atoms with E-state index in [9.17, 15) is 4.79 Å². The third kappa shape index (κ3) is 5.64. The van der Waals surface area contributed by atoms with E-state index in [1.807, 2.05) is 13.0 Å². The Kier molecular flexibility index (Phi) is 7.65. The quantitative estimate of drug-likeness (QED) is 0.441. The second-order valence-corrected chi connectivity index (χ2v) is 10.1. The number of anilines is 3. The molecule has 2 aromatic rings. The summed E-state index contributed by atoms with van der Waals surface area (Å²) in [5.74, 6) is 0.548. The monoisotopic (exact) mass is 486 g/mol. The molecule has 2 heterocycles. The Labute approximate surface area is 206 Å². The number of halogens is 1. The SMILES string of the molecule is CCc1cc(Nc2ncc(Cl)c(NC3CCCC3)n2)cc(C(=O)OC)c1B1OCC(C)(C)CO1. The van der Waals surface area contributed by atoms with E-state index in [0.717, 1.165) is 18.4 Å². The number of carbonyl (C=O) groups is 1. The highest BCUT2D eigenvalue weighted by molar-refractivity contribution is 6.63. The Balaban J connectivity index is 1.63. The molecule has 34 heavy (non-hydrogen) atoms. The maximum absolute atomic E-state index is 12.7. The number of benzene rings is 1. The van der Waals surface area contributed by atoms with E-state index >= 15 is 0 Å². The molecule has 2 N–H and O–H groups in total. The van der Waals surface area contributed by atoms with Gasteiger partial charge in [0.1, 0.15) is 5.02 Å². The van der Waals surface area contributed by atoms with Crippen LogP contribution in [0.5, 0.6) is 0 Å². The summed E-state index contributed by atoms with van der Waals surface area (Å²) in [5, 5.41) is 7.13. The Morgan fingerprint density at radius 1 is 1.26 bits per heavy atom. The summed E-state index contributed by atoms with van der Waals surface area (Å²) in [6, 6.07) is 4.07. The predicted molar refractivity (Wildman–Crippen MR) is 134 cm³/mol. The first-order chi connectivity index (χ1) is 16.3. The maximum atomic E-state index is 12.7. The van der Waals surface area contributed by atoms with Crippen LogP contribution in [0.2, 0.25) is 5.02 Å². The van der Waals surface area contributed by atoms with E-state index in [1.54, 1.807) is 12.3 Å². The van der Waals surface area contributed by atoms with Gasteiger partial charge in [0.15, 0.2) is 5.82 Å². The van der Waals surface area contributed by atoms with Crippen LogP contribution in [0.4, 0.5) is 17.5 Å². The van der Waals surface area contributed by atoms with Crippen molar-refractivity contribution in [3.8, 4) is 0 Å². The van der Waals surface area contributed by atoms with E-state index in [-0.39, 0.29) is 5.41 Å². The minimum Gasteiger partial charge on any atom is -0.465 e. The number of esters is 1. The number of carbonyl (C=O) groups excluding carboxylic acids is 1. The number of methoxy groups -OCH3 is 1. The van der Waals surface area contributed by atoms with Gasteiger partial charge in [0.05, 0.1) is 18.9 Å². The number of aryl methyl sites for hydroxylation is 1. The smallest absolute Gasteiger partial charge is 0.465 e. The second-order valence-electron chi connectivity index (χ2n) is 9.70. The van der Waals surface area contributed by atoms with Crippen molar-refractivity contribution in [1.29, 1.82) is 0 Å². The fraction of sp³-hybridized carbons (Fsp3) is 0.542. The average Bonchev–Trinajstić information content (AvgIpc) is 3.33. The molecular weight excluding hydrogens is 455 g/mol. The number of nitrogens with one attached hydrogen (secondary N) is 2. The molecule has 0 amide bonds. The van der Waals surface area contributed by atoms with E-state index < -0.39 is 13.1 Å². The number of aromatic nitrogens is 2. The zero-order valence-corrected chi connectivity index (χ0v) is 21.0. The van der Waals surface area contributed by atoms with Gasteiger partial charge in [0.25, 0.3) is 0 Å². The number of ether oxygens (including phenoxy) is 1. The van der Waals surface area contributed by atoms with Crippen LogP contribution in [-0.4, -0.2) is 49.4 Å². The fourth-order valence-corrected chi connectivity index (χ4v) is 4.56. The van der Waals surface area contributed by atoms with Gasteiger partial charge in [-0.3, -0.25) is 0 Å². The van der Waals surface area contributed by atoms with E-state index in [0.29, 0.717) is 59.2 Å². The van der Waals surface area contributed by atoms with Crippen LogP contribution in [-0.2, 0) is 20.5 Å². The number of nitrogens with zero attached hydrogens (tertiary/aromatic N) is 2. The molecule has 1 saturated heterocycles. The predicted octanol–water partition coefficient (Wildman–Crippen LogP) is 4.35. The Morgan fingerprint density at radius 3 is 2.62 bits per heavy atom. The van der Waals surface area contributed by atoms with Crippen molar-refractivity contribution < 1.29 is 18.8 Å². The summed E-state index contributed by atoms with van der Waals surface area (Å²) < 4.78 is 17.1. The standard InChI is InChI=1S/C24H32BClN4O4/c1-5-15-10-17(29-23-27-12-19(26)21(30-23)28-16-8-6-7-9-16)11-18(22(31)32-4)20(15)25-33-13-24(2,3)14-34-25/h10-12,16H,5-9,13-14H2,1-4H3,(H2,27,28,29,30). The summed E-state index contributed by atoms with van der Waals surface area (Å²) in [7, 11) is 0.743. The first kappa shape index (κ1) is 24.8. The summed E-state index contributed by atoms with van der Waals surface area (Å²) in [4.78, 5) is 21.7. The van der Waals surface area contributed by atoms with Gasteiger partial charge in [-0.15, -0.1) is 0 Å². The molecule has 4 rings (SSSR count). The summed E-state index contributed by atoms with van der Waals surface area (Å²) in [6.45, 7) is 7.27.